The molecule has 0 saturated carbocycles. The van der Waals surface area contributed by atoms with Crippen LogP contribution in [-0.2, 0) is 14.1 Å². The molecule has 136 valence electrons. The van der Waals surface area contributed by atoms with Crippen LogP contribution in [0.15, 0.2) is 34.0 Å². The first-order chi connectivity index (χ1) is 12.4. The number of aromatic nitrogens is 3. The molecule has 2 aromatic heterocycles. The second kappa shape index (κ2) is 6.55. The van der Waals surface area contributed by atoms with Gasteiger partial charge < -0.3 is 14.8 Å². The molecule has 0 aliphatic heterocycles. The summed E-state index contributed by atoms with van der Waals surface area (Å²) >= 11 is 0. The number of nitrogens with zero attached hydrogens (tertiary/aromatic N) is 3. The van der Waals surface area contributed by atoms with Crippen LogP contribution in [0.3, 0.4) is 0 Å². The highest BCUT2D eigenvalue weighted by Gasteiger charge is 2.16. The van der Waals surface area contributed by atoms with Crippen LogP contribution in [0.1, 0.15) is 5.56 Å². The smallest absolute Gasteiger partial charge is 0.332 e. The van der Waals surface area contributed by atoms with Crippen LogP contribution in [0.25, 0.3) is 11.0 Å². The Hall–Kier alpha value is -3.29. The number of ether oxygens (including phenoxy) is 2. The summed E-state index contributed by atoms with van der Waals surface area (Å²) in [7, 11) is 6.16. The van der Waals surface area contributed by atoms with Crippen LogP contribution in [0.2, 0.25) is 0 Å². The van der Waals surface area contributed by atoms with E-state index in [0.717, 1.165) is 10.1 Å². The van der Waals surface area contributed by atoms with Gasteiger partial charge in [-0.25, -0.2) is 9.78 Å². The summed E-state index contributed by atoms with van der Waals surface area (Å²) in [5.41, 5.74) is 1.60. The minimum absolute atomic E-state index is 0.326. The topological polar surface area (TPSA) is 87.4 Å². The molecule has 0 aliphatic rings. The lowest BCUT2D eigenvalue weighted by molar-refractivity contribution is 0.355. The summed E-state index contributed by atoms with van der Waals surface area (Å²) in [6.45, 7) is 1.85. The van der Waals surface area contributed by atoms with Crippen molar-refractivity contribution in [2.75, 3.05) is 19.5 Å². The third-order valence-electron chi connectivity index (χ3n) is 4.31. The molecule has 3 aromatic rings. The number of methoxy groups -OCH3 is 2. The SMILES string of the molecule is COc1ccc(Nc2c(C)cnc3c2c(=O)n(C)c(=O)n3C)cc1OC. The zero-order valence-corrected chi connectivity index (χ0v) is 15.3. The highest BCUT2D eigenvalue weighted by atomic mass is 16.5. The number of nitrogens with one attached hydrogen (secondary N) is 1. The van der Waals surface area contributed by atoms with Gasteiger partial charge >= 0.3 is 5.69 Å². The summed E-state index contributed by atoms with van der Waals surface area (Å²) < 4.78 is 13.0. The molecule has 0 fully saturated rings. The van der Waals surface area contributed by atoms with E-state index in [2.05, 4.69) is 10.3 Å². The highest BCUT2D eigenvalue weighted by Crippen LogP contribution is 2.32. The van der Waals surface area contributed by atoms with Gasteiger partial charge in [0.2, 0.25) is 0 Å². The molecule has 1 aromatic carbocycles. The summed E-state index contributed by atoms with van der Waals surface area (Å²) in [5.74, 6) is 1.17. The van der Waals surface area contributed by atoms with Crippen molar-refractivity contribution in [2.45, 2.75) is 6.92 Å². The Morgan fingerprint density at radius 3 is 2.38 bits per heavy atom. The average molecular weight is 356 g/mol. The van der Waals surface area contributed by atoms with Crippen molar-refractivity contribution >= 4 is 22.4 Å². The van der Waals surface area contributed by atoms with E-state index in [4.69, 9.17) is 9.47 Å². The Balaban J connectivity index is 2.24. The van der Waals surface area contributed by atoms with Crippen molar-refractivity contribution in [3.63, 3.8) is 0 Å². The van der Waals surface area contributed by atoms with Gasteiger partial charge in [0.15, 0.2) is 17.1 Å². The molecule has 0 spiro atoms. The van der Waals surface area contributed by atoms with Gasteiger partial charge in [-0.3, -0.25) is 13.9 Å². The third kappa shape index (κ3) is 2.69. The lowest BCUT2D eigenvalue weighted by Crippen LogP contribution is -2.37. The van der Waals surface area contributed by atoms with E-state index >= 15 is 0 Å². The van der Waals surface area contributed by atoms with Gasteiger partial charge in [-0.1, -0.05) is 0 Å². The molecule has 1 N–H and O–H groups in total. The van der Waals surface area contributed by atoms with Crippen LogP contribution in [-0.4, -0.2) is 28.3 Å². The Bertz CT molecular complexity index is 1110. The minimum atomic E-state index is -0.420. The van der Waals surface area contributed by atoms with Crippen molar-refractivity contribution in [2.24, 2.45) is 14.1 Å². The standard InChI is InChI=1S/C18H20N4O4/c1-10-9-19-16-14(17(23)22(3)18(24)21(16)2)15(10)20-11-6-7-12(25-4)13(8-11)26-5/h6-9H,1-5H3,(H,19,20). The van der Waals surface area contributed by atoms with Crippen molar-refractivity contribution in [3.05, 3.63) is 50.8 Å². The van der Waals surface area contributed by atoms with Crippen LogP contribution in [0.4, 0.5) is 11.4 Å². The fraction of sp³-hybridized carbons (Fsp3) is 0.278. The monoisotopic (exact) mass is 356 g/mol. The fourth-order valence-corrected chi connectivity index (χ4v) is 2.84. The Morgan fingerprint density at radius 2 is 1.73 bits per heavy atom. The highest BCUT2D eigenvalue weighted by molar-refractivity contribution is 5.92. The number of hydrogen-bond donors (Lipinski definition) is 1. The summed E-state index contributed by atoms with van der Waals surface area (Å²) in [4.78, 5) is 29.1. The van der Waals surface area contributed by atoms with Gasteiger partial charge in [-0.05, 0) is 24.6 Å². The Kier molecular flexibility index (Phi) is 4.41. The number of hydrogen-bond acceptors (Lipinski definition) is 6. The molecular weight excluding hydrogens is 336 g/mol. The lowest BCUT2D eigenvalue weighted by Gasteiger charge is -2.15. The molecule has 0 radical (unpaired) electrons. The number of aryl methyl sites for hydroxylation is 2. The van der Waals surface area contributed by atoms with Crippen molar-refractivity contribution < 1.29 is 9.47 Å². The molecule has 26 heavy (non-hydrogen) atoms. The first-order valence-electron chi connectivity index (χ1n) is 7.93. The Labute approximate surface area is 149 Å². The molecule has 0 atom stereocenters. The second-order valence-electron chi connectivity index (χ2n) is 5.92. The maximum absolute atomic E-state index is 12.7. The van der Waals surface area contributed by atoms with E-state index in [9.17, 15) is 9.59 Å². The molecule has 0 aliphatic carbocycles. The molecule has 8 nitrogen and oxygen atoms in total. The van der Waals surface area contributed by atoms with E-state index < -0.39 is 11.2 Å². The van der Waals surface area contributed by atoms with Gasteiger partial charge in [0, 0.05) is 32.0 Å². The number of fused-ring (bicyclic) bond motifs is 1. The predicted octanol–water partition coefficient (Wildman–Crippen LogP) is 1.70. The summed E-state index contributed by atoms with van der Waals surface area (Å²) in [6.07, 6.45) is 1.63. The first kappa shape index (κ1) is 17.5. The van der Waals surface area contributed by atoms with Gasteiger partial charge in [-0.2, -0.15) is 0 Å². The molecule has 2 heterocycles. The van der Waals surface area contributed by atoms with Gasteiger partial charge in [0.1, 0.15) is 5.39 Å². The predicted molar refractivity (Wildman–Crippen MR) is 99.8 cm³/mol. The summed E-state index contributed by atoms with van der Waals surface area (Å²) in [5, 5.41) is 3.60. The van der Waals surface area contributed by atoms with E-state index in [0.29, 0.717) is 33.9 Å². The molecule has 3 rings (SSSR count). The van der Waals surface area contributed by atoms with Crippen LogP contribution in [0, 0.1) is 6.92 Å². The average Bonchev–Trinajstić information content (AvgIpc) is 2.65. The van der Waals surface area contributed by atoms with Gasteiger partial charge in [0.25, 0.3) is 5.56 Å². The van der Waals surface area contributed by atoms with E-state index in [1.165, 1.54) is 11.6 Å². The fourth-order valence-electron chi connectivity index (χ4n) is 2.84. The van der Waals surface area contributed by atoms with E-state index in [1.54, 1.807) is 39.6 Å². The Morgan fingerprint density at radius 1 is 1.04 bits per heavy atom. The van der Waals surface area contributed by atoms with E-state index in [1.807, 2.05) is 13.0 Å². The number of rotatable bonds is 4. The van der Waals surface area contributed by atoms with Gasteiger partial charge in [-0.15, -0.1) is 0 Å². The minimum Gasteiger partial charge on any atom is -0.493 e. The molecular formula is C18H20N4O4. The molecule has 0 unspecified atom stereocenters. The molecule has 0 bridgehead atoms. The summed E-state index contributed by atoms with van der Waals surface area (Å²) in [6, 6.07) is 5.37. The number of benzene rings is 1. The maximum atomic E-state index is 12.7. The van der Waals surface area contributed by atoms with Crippen LogP contribution >= 0.6 is 0 Å². The van der Waals surface area contributed by atoms with Gasteiger partial charge in [0.05, 0.1) is 19.9 Å². The normalized spacial score (nSPS) is 10.8. The lowest BCUT2D eigenvalue weighted by atomic mass is 10.1. The van der Waals surface area contributed by atoms with Crippen molar-refractivity contribution in [1.82, 2.24) is 14.1 Å². The molecule has 8 heteroatoms. The molecule has 0 saturated heterocycles. The maximum Gasteiger partial charge on any atom is 0.332 e. The largest absolute Gasteiger partial charge is 0.493 e. The number of pyridine rings is 1. The van der Waals surface area contributed by atoms with Crippen LogP contribution in [0.5, 0.6) is 11.5 Å². The quantitative estimate of drug-likeness (QED) is 0.766. The van der Waals surface area contributed by atoms with Crippen molar-refractivity contribution in [3.8, 4) is 11.5 Å². The number of anilines is 2. The zero-order valence-electron chi connectivity index (χ0n) is 15.3. The van der Waals surface area contributed by atoms with Crippen LogP contribution < -0.4 is 26.0 Å². The molecule has 0 amide bonds. The van der Waals surface area contributed by atoms with E-state index in [-0.39, 0.29) is 0 Å². The second-order valence-corrected chi connectivity index (χ2v) is 5.92. The third-order valence-corrected chi connectivity index (χ3v) is 4.31. The first-order valence-corrected chi connectivity index (χ1v) is 7.93. The van der Waals surface area contributed by atoms with Crippen molar-refractivity contribution in [1.29, 1.82) is 0 Å². The zero-order chi connectivity index (χ0) is 19.0.